The molecule has 0 unspecified atom stereocenters. The minimum atomic E-state index is -0.0336. The van der Waals surface area contributed by atoms with Crippen LogP contribution >= 0.6 is 12.6 Å². The number of carbonyl (C=O) groups excluding carboxylic acids is 1. The van der Waals surface area contributed by atoms with Crippen molar-refractivity contribution in [1.29, 1.82) is 0 Å². The van der Waals surface area contributed by atoms with Crippen LogP contribution in [0.1, 0.15) is 23.0 Å². The molecule has 0 aliphatic heterocycles. The van der Waals surface area contributed by atoms with Crippen LogP contribution in [-0.4, -0.2) is 16.5 Å². The fourth-order valence-electron chi connectivity index (χ4n) is 0.818. The molecular weight excluding hydrogens is 182 g/mol. The lowest BCUT2D eigenvalue weighted by molar-refractivity contribution is 0.101. The van der Waals surface area contributed by atoms with Gasteiger partial charge in [-0.15, -0.1) is 0 Å². The monoisotopic (exact) mass is 191 g/mol. The fourth-order valence-corrected chi connectivity index (χ4v) is 0.897. The molecule has 0 amide bonds. The third-order valence-corrected chi connectivity index (χ3v) is 1.59. The average Bonchev–Trinajstić information content (AvgIpc) is 2.15. The van der Waals surface area contributed by atoms with Gasteiger partial charge in [0.25, 0.3) is 0 Å². The molecular formula is C10H9NOS. The molecule has 0 saturated heterocycles. The number of ketones is 1. The van der Waals surface area contributed by atoms with Gasteiger partial charge in [-0.05, 0) is 12.1 Å². The van der Waals surface area contributed by atoms with E-state index in [4.69, 9.17) is 0 Å². The van der Waals surface area contributed by atoms with Gasteiger partial charge in [-0.25, -0.2) is 0 Å². The van der Waals surface area contributed by atoms with Gasteiger partial charge in [-0.3, -0.25) is 9.78 Å². The number of Topliss-reactive ketones (excluding diaryl/α,β-unsaturated/α-hetero) is 1. The van der Waals surface area contributed by atoms with Gasteiger partial charge in [0.1, 0.15) is 5.69 Å². The van der Waals surface area contributed by atoms with E-state index in [1.54, 1.807) is 18.3 Å². The molecule has 0 bridgehead atoms. The molecule has 1 aromatic heterocycles. The molecule has 0 aromatic carbocycles. The molecule has 0 spiro atoms. The second-order valence-corrected chi connectivity index (χ2v) is 2.76. The smallest absolute Gasteiger partial charge is 0.178 e. The lowest BCUT2D eigenvalue weighted by Gasteiger charge is -1.93. The summed E-state index contributed by atoms with van der Waals surface area (Å²) in [7, 11) is 0. The van der Waals surface area contributed by atoms with Gasteiger partial charge in [0.2, 0.25) is 0 Å². The Labute approximate surface area is 82.8 Å². The minimum absolute atomic E-state index is 0.0336. The first-order chi connectivity index (χ1) is 6.24. The highest BCUT2D eigenvalue weighted by atomic mass is 32.1. The summed E-state index contributed by atoms with van der Waals surface area (Å²) in [5.41, 5.74) is 1.27. The van der Waals surface area contributed by atoms with Crippen molar-refractivity contribution in [1.82, 2.24) is 4.98 Å². The first-order valence-corrected chi connectivity index (χ1v) is 4.44. The molecule has 0 fully saturated rings. The molecule has 0 aliphatic carbocycles. The minimum Gasteiger partial charge on any atom is -0.293 e. The van der Waals surface area contributed by atoms with E-state index in [1.165, 1.54) is 6.92 Å². The van der Waals surface area contributed by atoms with E-state index >= 15 is 0 Å². The van der Waals surface area contributed by atoms with Gasteiger partial charge in [0.15, 0.2) is 5.78 Å². The Morgan fingerprint density at radius 1 is 1.62 bits per heavy atom. The van der Waals surface area contributed by atoms with Crippen LogP contribution in [-0.2, 0) is 0 Å². The summed E-state index contributed by atoms with van der Waals surface area (Å²) in [6.45, 7) is 1.49. The van der Waals surface area contributed by atoms with Crippen molar-refractivity contribution < 1.29 is 4.79 Å². The van der Waals surface area contributed by atoms with Crippen molar-refractivity contribution in [3.05, 3.63) is 29.6 Å². The van der Waals surface area contributed by atoms with Crippen LogP contribution in [0.3, 0.4) is 0 Å². The topological polar surface area (TPSA) is 30.0 Å². The Kier molecular flexibility index (Phi) is 3.53. The number of aromatic nitrogens is 1. The van der Waals surface area contributed by atoms with Crippen molar-refractivity contribution in [2.24, 2.45) is 0 Å². The van der Waals surface area contributed by atoms with Crippen molar-refractivity contribution in [3.63, 3.8) is 0 Å². The Morgan fingerprint density at radius 2 is 2.38 bits per heavy atom. The maximum atomic E-state index is 10.9. The zero-order chi connectivity index (χ0) is 9.68. The normalized spacial score (nSPS) is 8.77. The molecule has 1 rings (SSSR count). The summed E-state index contributed by atoms with van der Waals surface area (Å²) in [6.07, 6.45) is 1.59. The molecule has 13 heavy (non-hydrogen) atoms. The van der Waals surface area contributed by atoms with Crippen molar-refractivity contribution >= 4 is 18.4 Å². The Bertz CT molecular complexity index is 359. The number of nitrogens with zero attached hydrogens (tertiary/aromatic N) is 1. The van der Waals surface area contributed by atoms with Gasteiger partial charge in [0, 0.05) is 18.7 Å². The van der Waals surface area contributed by atoms with Crippen molar-refractivity contribution in [2.45, 2.75) is 6.92 Å². The molecule has 66 valence electrons. The molecule has 3 heteroatoms. The quantitative estimate of drug-likeness (QED) is 0.415. The summed E-state index contributed by atoms with van der Waals surface area (Å²) in [5.74, 6) is 6.15. The third-order valence-electron chi connectivity index (χ3n) is 1.44. The van der Waals surface area contributed by atoms with E-state index in [9.17, 15) is 4.79 Å². The van der Waals surface area contributed by atoms with Gasteiger partial charge < -0.3 is 0 Å². The first kappa shape index (κ1) is 9.82. The van der Waals surface area contributed by atoms with E-state index in [-0.39, 0.29) is 5.78 Å². The van der Waals surface area contributed by atoms with Gasteiger partial charge >= 0.3 is 0 Å². The predicted octanol–water partition coefficient (Wildman–Crippen LogP) is 1.57. The van der Waals surface area contributed by atoms with Gasteiger partial charge in [-0.1, -0.05) is 11.8 Å². The maximum Gasteiger partial charge on any atom is 0.178 e. The van der Waals surface area contributed by atoms with Crippen LogP contribution in [0.25, 0.3) is 0 Å². The highest BCUT2D eigenvalue weighted by molar-refractivity contribution is 7.80. The number of rotatable bonds is 1. The van der Waals surface area contributed by atoms with Crippen LogP contribution in [0.2, 0.25) is 0 Å². The zero-order valence-electron chi connectivity index (χ0n) is 7.24. The lowest BCUT2D eigenvalue weighted by Crippen LogP contribution is -1.95. The van der Waals surface area contributed by atoms with E-state index in [0.29, 0.717) is 11.4 Å². The van der Waals surface area contributed by atoms with Gasteiger partial charge in [0.05, 0.1) is 5.75 Å². The van der Waals surface area contributed by atoms with Crippen LogP contribution in [0.4, 0.5) is 0 Å². The Morgan fingerprint density at radius 3 is 2.85 bits per heavy atom. The van der Waals surface area contributed by atoms with E-state index in [0.717, 1.165) is 5.56 Å². The average molecular weight is 191 g/mol. The zero-order valence-corrected chi connectivity index (χ0v) is 8.14. The molecule has 2 nitrogen and oxygen atoms in total. The SMILES string of the molecule is CC(=O)c1ccc(C#CCS)cn1. The number of hydrogen-bond acceptors (Lipinski definition) is 3. The number of thiol groups is 1. The first-order valence-electron chi connectivity index (χ1n) is 3.81. The fraction of sp³-hybridized carbons (Fsp3) is 0.200. The summed E-state index contributed by atoms with van der Waals surface area (Å²) < 4.78 is 0. The standard InChI is InChI=1S/C10H9NOS/c1-8(12)10-5-4-9(7-11-10)3-2-6-13/h4-5,7,13H,6H2,1H3. The third kappa shape index (κ3) is 2.92. The highest BCUT2D eigenvalue weighted by Crippen LogP contribution is 1.99. The highest BCUT2D eigenvalue weighted by Gasteiger charge is 1.98. The molecule has 1 heterocycles. The summed E-state index contributed by atoms with van der Waals surface area (Å²) in [4.78, 5) is 14.8. The molecule has 0 aliphatic rings. The molecule has 0 saturated carbocycles. The second-order valence-electron chi connectivity index (χ2n) is 2.45. The lowest BCUT2D eigenvalue weighted by atomic mass is 10.2. The number of carbonyl (C=O) groups is 1. The largest absolute Gasteiger partial charge is 0.293 e. The molecule has 1 aromatic rings. The molecule has 0 radical (unpaired) electrons. The Hall–Kier alpha value is -1.27. The summed E-state index contributed by atoms with van der Waals surface area (Å²) in [6, 6.07) is 3.45. The summed E-state index contributed by atoms with van der Waals surface area (Å²) in [5, 5.41) is 0. The number of pyridine rings is 1. The van der Waals surface area contributed by atoms with Crippen LogP contribution in [0, 0.1) is 11.8 Å². The van der Waals surface area contributed by atoms with Crippen molar-refractivity contribution in [2.75, 3.05) is 5.75 Å². The van der Waals surface area contributed by atoms with E-state index in [2.05, 4.69) is 29.5 Å². The second kappa shape index (κ2) is 4.68. The predicted molar refractivity (Wildman–Crippen MR) is 55.0 cm³/mol. The van der Waals surface area contributed by atoms with Crippen LogP contribution in [0.15, 0.2) is 18.3 Å². The molecule has 0 atom stereocenters. The van der Waals surface area contributed by atoms with Crippen LogP contribution < -0.4 is 0 Å². The van der Waals surface area contributed by atoms with Crippen LogP contribution in [0.5, 0.6) is 0 Å². The van der Waals surface area contributed by atoms with E-state index in [1.807, 2.05) is 0 Å². The molecule has 0 N–H and O–H groups in total. The maximum absolute atomic E-state index is 10.9. The van der Waals surface area contributed by atoms with Crippen molar-refractivity contribution in [3.8, 4) is 11.8 Å². The van der Waals surface area contributed by atoms with E-state index < -0.39 is 0 Å². The van der Waals surface area contributed by atoms with Gasteiger partial charge in [-0.2, -0.15) is 12.6 Å². The number of hydrogen-bond donors (Lipinski definition) is 1. The Balaban J connectivity index is 2.87. The summed E-state index contributed by atoms with van der Waals surface area (Å²) >= 11 is 3.96.